The topological polar surface area (TPSA) is 58.6 Å². The summed E-state index contributed by atoms with van der Waals surface area (Å²) in [6.07, 6.45) is 11.9. The summed E-state index contributed by atoms with van der Waals surface area (Å²) in [5, 5.41) is 11.2. The van der Waals surface area contributed by atoms with Crippen LogP contribution in [0.4, 0.5) is 0 Å². The molecule has 0 aliphatic rings. The lowest BCUT2D eigenvalue weighted by molar-refractivity contribution is 0.321. The van der Waals surface area contributed by atoms with E-state index in [9.17, 15) is 0 Å². The fourth-order valence-corrected chi connectivity index (χ4v) is 1.28. The summed E-state index contributed by atoms with van der Waals surface area (Å²) in [5.74, 6) is 0.619. The number of aryl methyl sites for hydroxylation is 1. The second-order valence-corrected chi connectivity index (χ2v) is 3.38. The van der Waals surface area contributed by atoms with Crippen LogP contribution in [-0.2, 0) is 6.42 Å². The molecule has 1 rings (SSSR count). The van der Waals surface area contributed by atoms with Crippen LogP contribution < -0.4 is 0 Å². The average Bonchev–Trinajstić information content (AvgIpc) is 2.78. The molecule has 0 aromatic carbocycles. The molecule has 1 aromatic heterocycles. The molecule has 0 saturated carbocycles. The fourth-order valence-electron chi connectivity index (χ4n) is 1.28. The van der Waals surface area contributed by atoms with Gasteiger partial charge < -0.3 is 9.62 Å². The second-order valence-electron chi connectivity index (χ2n) is 3.38. The lowest BCUT2D eigenvalue weighted by Gasteiger charge is -1.97. The van der Waals surface area contributed by atoms with Gasteiger partial charge >= 0.3 is 0 Å². The van der Waals surface area contributed by atoms with Crippen LogP contribution in [-0.4, -0.2) is 16.4 Å². The molecular weight excluding hydrogens is 216 g/mol. The number of allylic oxidation sites excluding steroid dienone is 5. The summed E-state index contributed by atoms with van der Waals surface area (Å²) in [6, 6.07) is 0. The van der Waals surface area contributed by atoms with Gasteiger partial charge in [0.05, 0.1) is 6.21 Å². The van der Waals surface area contributed by atoms with Gasteiger partial charge in [-0.3, -0.25) is 0 Å². The van der Waals surface area contributed by atoms with Crippen molar-refractivity contribution in [2.24, 2.45) is 5.16 Å². The molecule has 0 atom stereocenters. The Labute approximate surface area is 101 Å². The Bertz CT molecular complexity index is 442. The van der Waals surface area contributed by atoms with Crippen molar-refractivity contribution in [2.45, 2.75) is 19.8 Å². The number of nitrogens with zero attached hydrogens (tertiary/aromatic N) is 2. The fraction of sp³-hybridized carbons (Fsp3) is 0.231. The number of aromatic nitrogens is 1. The second kappa shape index (κ2) is 7.22. The molecule has 0 aliphatic heterocycles. The van der Waals surface area contributed by atoms with Gasteiger partial charge in [-0.25, -0.2) is 4.98 Å². The summed E-state index contributed by atoms with van der Waals surface area (Å²) in [7, 11) is 0. The summed E-state index contributed by atoms with van der Waals surface area (Å²) in [4.78, 5) is 4.13. The summed E-state index contributed by atoms with van der Waals surface area (Å²) in [5.41, 5.74) is 1.64. The molecule has 17 heavy (non-hydrogen) atoms. The Balaban J connectivity index is 2.56. The highest BCUT2D eigenvalue weighted by Crippen LogP contribution is 2.10. The molecule has 0 radical (unpaired) electrons. The third-order valence-corrected chi connectivity index (χ3v) is 2.15. The highest BCUT2D eigenvalue weighted by molar-refractivity contribution is 5.75. The smallest absolute Gasteiger partial charge is 0.194 e. The van der Waals surface area contributed by atoms with Crippen molar-refractivity contribution < 1.29 is 9.62 Å². The molecule has 1 aromatic rings. The van der Waals surface area contributed by atoms with E-state index >= 15 is 0 Å². The van der Waals surface area contributed by atoms with E-state index in [1.54, 1.807) is 0 Å². The Morgan fingerprint density at radius 2 is 2.47 bits per heavy atom. The maximum absolute atomic E-state index is 8.34. The zero-order chi connectivity index (χ0) is 12.5. The molecule has 4 heteroatoms. The molecular formula is C13H16N2O2. The maximum atomic E-state index is 8.34. The SMILES string of the molecule is C=C/C(=C\C=C/C)CCc1nc(/C=N/O)co1. The normalized spacial score (nSPS) is 12.6. The van der Waals surface area contributed by atoms with Crippen LogP contribution in [0.15, 0.2) is 52.3 Å². The molecule has 1 N–H and O–H groups in total. The van der Waals surface area contributed by atoms with Gasteiger partial charge in [0.2, 0.25) is 0 Å². The number of oxime groups is 1. The largest absolute Gasteiger partial charge is 0.448 e. The minimum Gasteiger partial charge on any atom is -0.448 e. The van der Waals surface area contributed by atoms with E-state index in [4.69, 9.17) is 9.62 Å². The van der Waals surface area contributed by atoms with Crippen LogP contribution in [0.5, 0.6) is 0 Å². The molecule has 0 unspecified atom stereocenters. The van der Waals surface area contributed by atoms with Crippen LogP contribution in [0.25, 0.3) is 0 Å². The maximum Gasteiger partial charge on any atom is 0.194 e. The Morgan fingerprint density at radius 3 is 3.12 bits per heavy atom. The third-order valence-electron chi connectivity index (χ3n) is 2.15. The molecule has 0 fully saturated rings. The van der Waals surface area contributed by atoms with Gasteiger partial charge in [0, 0.05) is 6.42 Å². The van der Waals surface area contributed by atoms with Crippen molar-refractivity contribution in [3.63, 3.8) is 0 Å². The van der Waals surface area contributed by atoms with E-state index in [0.29, 0.717) is 18.0 Å². The van der Waals surface area contributed by atoms with Crippen molar-refractivity contribution in [1.82, 2.24) is 4.98 Å². The zero-order valence-electron chi connectivity index (χ0n) is 9.84. The first kappa shape index (κ1) is 13.0. The van der Waals surface area contributed by atoms with Crippen molar-refractivity contribution in [1.29, 1.82) is 0 Å². The van der Waals surface area contributed by atoms with E-state index in [1.165, 1.54) is 12.5 Å². The predicted molar refractivity (Wildman–Crippen MR) is 67.3 cm³/mol. The molecule has 0 bridgehead atoms. The molecule has 0 spiro atoms. The van der Waals surface area contributed by atoms with Crippen LogP contribution in [0.3, 0.4) is 0 Å². The van der Waals surface area contributed by atoms with Crippen molar-refractivity contribution in [2.75, 3.05) is 0 Å². The monoisotopic (exact) mass is 232 g/mol. The minimum absolute atomic E-state index is 0.514. The molecule has 0 saturated heterocycles. The average molecular weight is 232 g/mol. The molecule has 1 heterocycles. The Morgan fingerprint density at radius 1 is 1.65 bits per heavy atom. The number of hydrogen-bond donors (Lipinski definition) is 1. The first-order valence-corrected chi connectivity index (χ1v) is 5.36. The van der Waals surface area contributed by atoms with Crippen LogP contribution in [0.2, 0.25) is 0 Å². The standard InChI is InChI=1S/C13H16N2O2/c1-3-5-6-11(4-2)7-8-13-15-12(9-14-16)10-17-13/h3-6,9-10,16H,2,7-8H2,1H3/b5-3-,11-6+,14-9+. The summed E-state index contributed by atoms with van der Waals surface area (Å²) < 4.78 is 5.22. The third kappa shape index (κ3) is 4.51. The molecule has 90 valence electrons. The van der Waals surface area contributed by atoms with Gasteiger partial charge in [-0.15, -0.1) is 0 Å². The van der Waals surface area contributed by atoms with Crippen molar-refractivity contribution in [3.05, 3.63) is 54.3 Å². The molecule has 0 aliphatic carbocycles. The van der Waals surface area contributed by atoms with Gasteiger partial charge in [0.1, 0.15) is 12.0 Å². The van der Waals surface area contributed by atoms with Crippen LogP contribution >= 0.6 is 0 Å². The van der Waals surface area contributed by atoms with Gasteiger partial charge in [-0.05, 0) is 18.9 Å². The quantitative estimate of drug-likeness (QED) is 0.355. The zero-order valence-corrected chi connectivity index (χ0v) is 9.84. The van der Waals surface area contributed by atoms with Gasteiger partial charge in [0.15, 0.2) is 5.89 Å². The number of rotatable bonds is 6. The van der Waals surface area contributed by atoms with Crippen molar-refractivity contribution >= 4 is 6.21 Å². The molecule has 4 nitrogen and oxygen atoms in total. The number of hydrogen-bond acceptors (Lipinski definition) is 4. The molecule has 0 amide bonds. The predicted octanol–water partition coefficient (Wildman–Crippen LogP) is 3.10. The van der Waals surface area contributed by atoms with Crippen LogP contribution in [0, 0.1) is 0 Å². The Kier molecular flexibility index (Phi) is 5.51. The summed E-state index contributed by atoms with van der Waals surface area (Å²) >= 11 is 0. The first-order chi connectivity index (χ1) is 8.30. The highest BCUT2D eigenvalue weighted by atomic mass is 16.4. The lowest BCUT2D eigenvalue weighted by atomic mass is 10.1. The van der Waals surface area contributed by atoms with E-state index in [-0.39, 0.29) is 0 Å². The summed E-state index contributed by atoms with van der Waals surface area (Å²) in [6.45, 7) is 5.72. The van der Waals surface area contributed by atoms with Crippen molar-refractivity contribution in [3.8, 4) is 0 Å². The lowest BCUT2D eigenvalue weighted by Crippen LogP contribution is -1.89. The van der Waals surface area contributed by atoms with Crippen LogP contribution in [0.1, 0.15) is 24.9 Å². The first-order valence-electron chi connectivity index (χ1n) is 5.36. The van der Waals surface area contributed by atoms with E-state index in [0.717, 1.165) is 12.0 Å². The Hall–Kier alpha value is -2.10. The van der Waals surface area contributed by atoms with E-state index in [1.807, 2.05) is 31.2 Å². The van der Waals surface area contributed by atoms with Gasteiger partial charge in [-0.1, -0.05) is 36.0 Å². The minimum atomic E-state index is 0.514. The van der Waals surface area contributed by atoms with E-state index < -0.39 is 0 Å². The van der Waals surface area contributed by atoms with Gasteiger partial charge in [-0.2, -0.15) is 0 Å². The van der Waals surface area contributed by atoms with E-state index in [2.05, 4.69) is 16.7 Å². The highest BCUT2D eigenvalue weighted by Gasteiger charge is 2.02. The number of oxazole rings is 1. The van der Waals surface area contributed by atoms with Gasteiger partial charge in [0.25, 0.3) is 0 Å².